The summed E-state index contributed by atoms with van der Waals surface area (Å²) < 4.78 is 12.6. The summed E-state index contributed by atoms with van der Waals surface area (Å²) in [6, 6.07) is 19.7. The van der Waals surface area contributed by atoms with Gasteiger partial charge < -0.3 is 20.2 Å². The van der Waals surface area contributed by atoms with Gasteiger partial charge in [0.15, 0.2) is 12.4 Å². The average molecular weight is 416 g/mol. The second-order valence-corrected chi connectivity index (χ2v) is 6.82. The minimum atomic E-state index is -0.562. The number of primary amides is 1. The van der Waals surface area contributed by atoms with Gasteiger partial charge in [0, 0.05) is 11.9 Å². The van der Waals surface area contributed by atoms with Crippen molar-refractivity contribution in [3.05, 3.63) is 84.3 Å². The van der Waals surface area contributed by atoms with Crippen LogP contribution in [0.5, 0.6) is 5.75 Å². The number of hydrogen-bond acceptors (Lipinski definition) is 5. The second-order valence-electron chi connectivity index (χ2n) is 6.82. The van der Waals surface area contributed by atoms with Crippen LogP contribution in [-0.4, -0.2) is 28.2 Å². The summed E-state index contributed by atoms with van der Waals surface area (Å²) in [7, 11) is 0. The fourth-order valence-electron chi connectivity index (χ4n) is 2.98. The van der Waals surface area contributed by atoms with Crippen molar-refractivity contribution in [1.29, 1.82) is 0 Å². The van der Waals surface area contributed by atoms with Gasteiger partial charge in [0.2, 0.25) is 0 Å². The van der Waals surface area contributed by atoms with Crippen LogP contribution >= 0.6 is 0 Å². The summed E-state index contributed by atoms with van der Waals surface area (Å²) in [6.07, 6.45) is 1.67. The lowest BCUT2D eigenvalue weighted by Crippen LogP contribution is -2.20. The van der Waals surface area contributed by atoms with Gasteiger partial charge in [-0.1, -0.05) is 18.2 Å². The third-order valence-electron chi connectivity index (χ3n) is 4.45. The second kappa shape index (κ2) is 8.58. The standard InChI is InChI=1S/C23H20N4O4/c1-15-7-12-20(31-15)22-19(13-27(26-22)17-5-3-2-4-6-17)23(29)25-16-8-10-18(11-9-16)30-14-21(24)28/h2-13H,14H2,1H3,(H2,24,28)(H,25,29). The Balaban J connectivity index is 1.61. The Kier molecular flexibility index (Phi) is 5.53. The van der Waals surface area contributed by atoms with Crippen LogP contribution in [-0.2, 0) is 4.79 Å². The number of para-hydroxylation sites is 1. The number of anilines is 1. The summed E-state index contributed by atoms with van der Waals surface area (Å²) in [5.74, 6) is 0.806. The highest BCUT2D eigenvalue weighted by Crippen LogP contribution is 2.27. The Bertz CT molecular complexity index is 1210. The summed E-state index contributed by atoms with van der Waals surface area (Å²) in [5, 5.41) is 7.43. The number of amides is 2. The molecule has 3 N–H and O–H groups in total. The zero-order valence-corrected chi connectivity index (χ0v) is 16.7. The van der Waals surface area contributed by atoms with Crippen LogP contribution in [0.3, 0.4) is 0 Å². The molecule has 156 valence electrons. The van der Waals surface area contributed by atoms with Crippen molar-refractivity contribution in [1.82, 2.24) is 9.78 Å². The Labute approximate surface area is 178 Å². The van der Waals surface area contributed by atoms with E-state index in [1.807, 2.05) is 43.3 Å². The molecular weight excluding hydrogens is 396 g/mol. The first kappa shape index (κ1) is 20.0. The van der Waals surface area contributed by atoms with E-state index in [2.05, 4.69) is 10.4 Å². The van der Waals surface area contributed by atoms with Crippen molar-refractivity contribution < 1.29 is 18.7 Å². The van der Waals surface area contributed by atoms with Gasteiger partial charge in [0.25, 0.3) is 11.8 Å². The molecule has 31 heavy (non-hydrogen) atoms. The van der Waals surface area contributed by atoms with E-state index in [4.69, 9.17) is 14.9 Å². The minimum Gasteiger partial charge on any atom is -0.484 e. The lowest BCUT2D eigenvalue weighted by molar-refractivity contribution is -0.119. The van der Waals surface area contributed by atoms with Crippen LogP contribution in [0.4, 0.5) is 5.69 Å². The smallest absolute Gasteiger partial charge is 0.259 e. The predicted molar refractivity (Wildman–Crippen MR) is 115 cm³/mol. The maximum Gasteiger partial charge on any atom is 0.259 e. The van der Waals surface area contributed by atoms with E-state index in [-0.39, 0.29) is 12.5 Å². The maximum absolute atomic E-state index is 13.1. The van der Waals surface area contributed by atoms with Crippen molar-refractivity contribution >= 4 is 17.5 Å². The number of carbonyl (C=O) groups excluding carboxylic acids is 2. The third kappa shape index (κ3) is 4.64. The van der Waals surface area contributed by atoms with E-state index in [1.165, 1.54) is 0 Å². The summed E-state index contributed by atoms with van der Waals surface area (Å²) in [5.41, 5.74) is 7.26. The molecule has 0 spiro atoms. The first-order valence-electron chi connectivity index (χ1n) is 9.54. The molecule has 0 saturated heterocycles. The van der Waals surface area contributed by atoms with Crippen LogP contribution in [0, 0.1) is 6.92 Å². The van der Waals surface area contributed by atoms with Crippen LogP contribution in [0.25, 0.3) is 17.1 Å². The molecule has 2 heterocycles. The number of nitrogens with one attached hydrogen (secondary N) is 1. The quantitative estimate of drug-likeness (QED) is 0.478. The zero-order valence-electron chi connectivity index (χ0n) is 16.7. The molecule has 8 nitrogen and oxygen atoms in total. The minimum absolute atomic E-state index is 0.212. The lowest BCUT2D eigenvalue weighted by Gasteiger charge is -2.07. The first-order valence-corrected chi connectivity index (χ1v) is 9.54. The number of benzene rings is 2. The van der Waals surface area contributed by atoms with Gasteiger partial charge in [-0.05, 0) is 55.5 Å². The zero-order chi connectivity index (χ0) is 21.8. The SMILES string of the molecule is Cc1ccc(-c2nn(-c3ccccc3)cc2C(=O)Nc2ccc(OCC(N)=O)cc2)o1. The van der Waals surface area contributed by atoms with Gasteiger partial charge in [-0.2, -0.15) is 5.10 Å². The maximum atomic E-state index is 13.1. The van der Waals surface area contributed by atoms with Gasteiger partial charge in [-0.25, -0.2) is 4.68 Å². The molecule has 4 rings (SSSR count). The van der Waals surface area contributed by atoms with Gasteiger partial charge in [-0.15, -0.1) is 0 Å². The molecule has 4 aromatic rings. The topological polar surface area (TPSA) is 112 Å². The highest BCUT2D eigenvalue weighted by Gasteiger charge is 2.21. The van der Waals surface area contributed by atoms with E-state index in [0.717, 1.165) is 11.4 Å². The molecule has 0 fully saturated rings. The number of furan rings is 1. The molecule has 2 aromatic carbocycles. The van der Waals surface area contributed by atoms with Crippen molar-refractivity contribution in [3.8, 4) is 22.9 Å². The number of aryl methyl sites for hydroxylation is 1. The normalized spacial score (nSPS) is 10.6. The average Bonchev–Trinajstić information content (AvgIpc) is 3.40. The fourth-order valence-corrected chi connectivity index (χ4v) is 2.98. The van der Waals surface area contributed by atoms with Crippen molar-refractivity contribution in [2.24, 2.45) is 5.73 Å². The molecule has 0 aliphatic carbocycles. The Morgan fingerprint density at radius 2 is 1.81 bits per heavy atom. The van der Waals surface area contributed by atoms with E-state index in [0.29, 0.717) is 28.5 Å². The van der Waals surface area contributed by atoms with Gasteiger partial charge in [-0.3, -0.25) is 9.59 Å². The highest BCUT2D eigenvalue weighted by molar-refractivity contribution is 6.07. The van der Waals surface area contributed by atoms with Crippen LogP contribution < -0.4 is 15.8 Å². The lowest BCUT2D eigenvalue weighted by atomic mass is 10.2. The van der Waals surface area contributed by atoms with E-state index in [9.17, 15) is 9.59 Å². The molecule has 0 aliphatic rings. The summed E-state index contributed by atoms with van der Waals surface area (Å²) >= 11 is 0. The van der Waals surface area contributed by atoms with Crippen LogP contribution in [0.1, 0.15) is 16.1 Å². The molecule has 0 atom stereocenters. The van der Waals surface area contributed by atoms with Gasteiger partial charge in [0.1, 0.15) is 17.2 Å². The van der Waals surface area contributed by atoms with Crippen molar-refractivity contribution in [2.45, 2.75) is 6.92 Å². The van der Waals surface area contributed by atoms with E-state index >= 15 is 0 Å². The van der Waals surface area contributed by atoms with Gasteiger partial charge >= 0.3 is 0 Å². The molecular formula is C23H20N4O4. The molecule has 8 heteroatoms. The Morgan fingerprint density at radius 1 is 1.06 bits per heavy atom. The number of nitrogens with two attached hydrogens (primary N) is 1. The number of carbonyl (C=O) groups is 2. The molecule has 0 aliphatic heterocycles. The molecule has 0 radical (unpaired) electrons. The van der Waals surface area contributed by atoms with Crippen molar-refractivity contribution in [3.63, 3.8) is 0 Å². The summed E-state index contributed by atoms with van der Waals surface area (Å²) in [6.45, 7) is 1.62. The Morgan fingerprint density at radius 3 is 2.45 bits per heavy atom. The molecule has 0 unspecified atom stereocenters. The largest absolute Gasteiger partial charge is 0.484 e. The molecule has 2 amide bonds. The molecule has 0 bridgehead atoms. The van der Waals surface area contributed by atoms with Crippen molar-refractivity contribution in [2.75, 3.05) is 11.9 Å². The molecule has 2 aromatic heterocycles. The van der Waals surface area contributed by atoms with Crippen LogP contribution in [0.2, 0.25) is 0 Å². The third-order valence-corrected chi connectivity index (χ3v) is 4.45. The summed E-state index contributed by atoms with van der Waals surface area (Å²) in [4.78, 5) is 23.9. The predicted octanol–water partition coefficient (Wildman–Crippen LogP) is 3.56. The number of hydrogen-bond donors (Lipinski definition) is 2. The number of rotatable bonds is 7. The number of aromatic nitrogens is 2. The molecule has 0 saturated carbocycles. The monoisotopic (exact) mass is 416 g/mol. The number of ether oxygens (including phenoxy) is 1. The Hall–Kier alpha value is -4.33. The van der Waals surface area contributed by atoms with Gasteiger partial charge in [0.05, 0.1) is 11.3 Å². The van der Waals surface area contributed by atoms with E-state index in [1.54, 1.807) is 41.2 Å². The highest BCUT2D eigenvalue weighted by atomic mass is 16.5. The van der Waals surface area contributed by atoms with E-state index < -0.39 is 5.91 Å². The number of nitrogens with zero attached hydrogens (tertiary/aromatic N) is 2. The first-order chi connectivity index (χ1) is 15.0. The van der Waals surface area contributed by atoms with Crippen LogP contribution in [0.15, 0.2) is 77.3 Å². The fraction of sp³-hybridized carbons (Fsp3) is 0.0870.